The topological polar surface area (TPSA) is 129 Å². The van der Waals surface area contributed by atoms with Crippen molar-refractivity contribution in [3.05, 3.63) is 104 Å². The number of ether oxygens (including phenoxy) is 2. The summed E-state index contributed by atoms with van der Waals surface area (Å²) in [7, 11) is 4.61. The molecule has 240 valence electrons. The number of fused-ring (bicyclic) bond motifs is 1. The lowest BCUT2D eigenvalue weighted by Gasteiger charge is -2.17. The Hall–Kier alpha value is -4.63. The van der Waals surface area contributed by atoms with Crippen molar-refractivity contribution in [2.45, 2.75) is 19.5 Å². The highest BCUT2D eigenvalue weighted by molar-refractivity contribution is 7.22. The maximum absolute atomic E-state index is 14.9. The second-order valence-corrected chi connectivity index (χ2v) is 11.5. The van der Waals surface area contributed by atoms with Crippen LogP contribution in [0.4, 0.5) is 8.78 Å². The van der Waals surface area contributed by atoms with Crippen LogP contribution in [0.25, 0.3) is 26.5 Å². The Morgan fingerprint density at radius 3 is 2.33 bits per heavy atom. The Bertz CT molecular complexity index is 1970. The summed E-state index contributed by atoms with van der Waals surface area (Å²) in [6.45, 7) is -0.176. The van der Waals surface area contributed by atoms with Crippen LogP contribution in [0.1, 0.15) is 16.7 Å². The largest absolute Gasteiger partial charge is 0.480 e. The van der Waals surface area contributed by atoms with Gasteiger partial charge in [0.2, 0.25) is 5.88 Å². The molecule has 11 nitrogen and oxygen atoms in total. The van der Waals surface area contributed by atoms with Gasteiger partial charge >= 0.3 is 5.69 Å². The molecule has 2 aromatic carbocycles. The van der Waals surface area contributed by atoms with Crippen LogP contribution < -0.4 is 16.0 Å². The molecule has 5 aromatic rings. The smallest absolute Gasteiger partial charge is 0.338 e. The molecule has 0 radical (unpaired) electrons. The number of ketones is 1. The fourth-order valence-corrected chi connectivity index (χ4v) is 6.41. The van der Waals surface area contributed by atoms with Crippen LogP contribution in [0, 0.1) is 11.6 Å². The summed E-state index contributed by atoms with van der Waals surface area (Å²) >= 11 is 1.13. The Labute approximate surface area is 265 Å². The average Bonchev–Trinajstić information content (AvgIpc) is 3.40. The van der Waals surface area contributed by atoms with Gasteiger partial charge in [0, 0.05) is 43.1 Å². The molecule has 0 aliphatic carbocycles. The molecule has 0 amide bonds. The first kappa shape index (κ1) is 32.8. The van der Waals surface area contributed by atoms with E-state index in [1.54, 1.807) is 19.2 Å². The Kier molecular flexibility index (Phi) is 10.1. The quantitative estimate of drug-likeness (QED) is 0.204. The van der Waals surface area contributed by atoms with E-state index in [0.29, 0.717) is 16.0 Å². The number of thiophene rings is 1. The second-order valence-electron chi connectivity index (χ2n) is 10.5. The summed E-state index contributed by atoms with van der Waals surface area (Å²) in [6.07, 6.45) is 0.175. The molecular formula is C32H31F2N5O6S. The van der Waals surface area contributed by atoms with E-state index in [-0.39, 0.29) is 66.0 Å². The number of aromatic nitrogens is 4. The molecule has 3 heterocycles. The number of likely N-dealkylation sites (N-methyl/N-ethyl adjacent to an activating group) is 1. The zero-order valence-corrected chi connectivity index (χ0v) is 26.1. The summed E-state index contributed by atoms with van der Waals surface area (Å²) in [5.41, 5.74) is 0.0927. The van der Waals surface area contributed by atoms with Crippen molar-refractivity contribution in [1.82, 2.24) is 24.2 Å². The van der Waals surface area contributed by atoms with Crippen LogP contribution in [0.15, 0.2) is 64.2 Å². The van der Waals surface area contributed by atoms with E-state index in [2.05, 4.69) is 10.2 Å². The number of hydrogen-bond acceptors (Lipinski definition) is 10. The van der Waals surface area contributed by atoms with Gasteiger partial charge in [0.05, 0.1) is 25.6 Å². The second kappa shape index (κ2) is 14.2. The number of rotatable bonds is 13. The number of Topliss-reactive ketones (excluding diaryl/α,β-unsaturated/α-hetero) is 1. The van der Waals surface area contributed by atoms with E-state index in [1.165, 1.54) is 32.4 Å². The van der Waals surface area contributed by atoms with Crippen molar-refractivity contribution in [2.75, 3.05) is 41.0 Å². The third-order valence-corrected chi connectivity index (χ3v) is 8.65. The number of aliphatic hydroxyl groups excluding tert-OH is 1. The van der Waals surface area contributed by atoms with Crippen LogP contribution in [-0.2, 0) is 29.0 Å². The van der Waals surface area contributed by atoms with Gasteiger partial charge in [0.25, 0.3) is 5.56 Å². The Morgan fingerprint density at radius 2 is 1.72 bits per heavy atom. The van der Waals surface area contributed by atoms with E-state index < -0.39 is 29.4 Å². The van der Waals surface area contributed by atoms with E-state index in [4.69, 9.17) is 9.47 Å². The first-order valence-corrected chi connectivity index (χ1v) is 15.0. The number of nitrogens with zero attached hydrogens (tertiary/aromatic N) is 5. The highest BCUT2D eigenvalue weighted by atomic mass is 32.1. The van der Waals surface area contributed by atoms with Crippen molar-refractivity contribution in [3.63, 3.8) is 0 Å². The first-order chi connectivity index (χ1) is 22.2. The first-order valence-electron chi connectivity index (χ1n) is 14.2. The van der Waals surface area contributed by atoms with Crippen LogP contribution in [-0.4, -0.2) is 76.1 Å². The number of methoxy groups -OCH3 is 2. The molecule has 0 saturated carbocycles. The highest BCUT2D eigenvalue weighted by Gasteiger charge is 2.26. The Morgan fingerprint density at radius 1 is 1.00 bits per heavy atom. The van der Waals surface area contributed by atoms with Gasteiger partial charge in [-0.15, -0.1) is 21.5 Å². The van der Waals surface area contributed by atoms with Crippen LogP contribution >= 0.6 is 11.3 Å². The minimum absolute atomic E-state index is 0.00954. The number of hydrogen-bond donors (Lipinski definition) is 1. The Balaban J connectivity index is 1.79. The molecule has 0 saturated heterocycles. The van der Waals surface area contributed by atoms with Crippen molar-refractivity contribution in [3.8, 4) is 22.1 Å². The van der Waals surface area contributed by atoms with Gasteiger partial charge in [-0.2, -0.15) is 0 Å². The normalized spacial score (nSPS) is 11.5. The number of carbonyl (C=O) groups excluding carboxylic acids is 1. The minimum atomic E-state index is -0.866. The van der Waals surface area contributed by atoms with E-state index in [9.17, 15) is 28.3 Å². The summed E-state index contributed by atoms with van der Waals surface area (Å²) in [4.78, 5) is 43.1. The molecule has 0 spiro atoms. The van der Waals surface area contributed by atoms with Gasteiger partial charge < -0.3 is 14.6 Å². The summed E-state index contributed by atoms with van der Waals surface area (Å²) in [5.74, 6) is -1.73. The zero-order valence-electron chi connectivity index (χ0n) is 25.3. The number of benzene rings is 2. The lowest BCUT2D eigenvalue weighted by Crippen LogP contribution is -2.40. The molecule has 0 aliphatic rings. The molecule has 5 rings (SSSR count). The third-order valence-electron chi connectivity index (χ3n) is 7.35. The maximum atomic E-state index is 14.9. The molecular weight excluding hydrogens is 620 g/mol. The number of halogens is 2. The fourth-order valence-electron chi connectivity index (χ4n) is 5.11. The van der Waals surface area contributed by atoms with Gasteiger partial charge in [-0.25, -0.2) is 18.1 Å². The molecule has 0 aliphatic heterocycles. The molecule has 3 aromatic heterocycles. The average molecular weight is 652 g/mol. The van der Waals surface area contributed by atoms with Crippen molar-refractivity contribution in [1.29, 1.82) is 0 Å². The zero-order chi connectivity index (χ0) is 33.0. The van der Waals surface area contributed by atoms with Crippen LogP contribution in [0.5, 0.6) is 5.88 Å². The minimum Gasteiger partial charge on any atom is -0.480 e. The maximum Gasteiger partial charge on any atom is 0.338 e. The lowest BCUT2D eigenvalue weighted by molar-refractivity contribution is -0.121. The van der Waals surface area contributed by atoms with Gasteiger partial charge in [0.1, 0.15) is 23.1 Å². The van der Waals surface area contributed by atoms with Crippen LogP contribution in [0.3, 0.4) is 0 Å². The molecule has 0 bridgehead atoms. The van der Waals surface area contributed by atoms with E-state index in [1.807, 2.05) is 17.0 Å². The van der Waals surface area contributed by atoms with Gasteiger partial charge in [-0.1, -0.05) is 30.3 Å². The van der Waals surface area contributed by atoms with Gasteiger partial charge in [-0.3, -0.25) is 19.1 Å². The molecule has 0 fully saturated rings. The van der Waals surface area contributed by atoms with Crippen molar-refractivity contribution >= 4 is 27.3 Å². The number of carbonyl (C=O) groups is 1. The van der Waals surface area contributed by atoms with Crippen molar-refractivity contribution < 1.29 is 28.2 Å². The molecule has 0 atom stereocenters. The molecule has 0 unspecified atom stereocenters. The highest BCUT2D eigenvalue weighted by Crippen LogP contribution is 2.38. The van der Waals surface area contributed by atoms with Gasteiger partial charge in [0.15, 0.2) is 11.6 Å². The SMILES string of the molecule is COCC(=O)Cc1ccc(-c2sc3c(c2CN(C)CCO)c(=O)n(-c2ccc(OC)nn2)c(=O)n3Cc2c(F)cccc2F)cc1. The molecule has 46 heavy (non-hydrogen) atoms. The summed E-state index contributed by atoms with van der Waals surface area (Å²) < 4.78 is 41.8. The summed E-state index contributed by atoms with van der Waals surface area (Å²) in [5, 5.41) is 17.7. The van der Waals surface area contributed by atoms with Crippen LogP contribution in [0.2, 0.25) is 0 Å². The standard InChI is InChI=1S/C32H31F2N5O6S/c1-37(13-14-40)16-23-28-30(42)39(26-11-12-27(45-3)36-35-26)32(43)38(17-22-24(33)5-4-6-25(22)34)31(28)46-29(23)20-9-7-19(8-10-20)15-21(41)18-44-2/h4-12,40H,13-18H2,1-3H3. The predicted octanol–water partition coefficient (Wildman–Crippen LogP) is 3.19. The predicted molar refractivity (Wildman–Crippen MR) is 169 cm³/mol. The fraction of sp³-hybridized carbons (Fsp3) is 0.281. The lowest BCUT2D eigenvalue weighted by atomic mass is 10.0. The monoisotopic (exact) mass is 651 g/mol. The molecule has 14 heteroatoms. The van der Waals surface area contributed by atoms with E-state index >= 15 is 0 Å². The third kappa shape index (κ3) is 6.65. The molecule has 1 N–H and O–H groups in total. The summed E-state index contributed by atoms with van der Waals surface area (Å²) in [6, 6.07) is 13.5. The van der Waals surface area contributed by atoms with Gasteiger partial charge in [-0.05, 0) is 41.9 Å². The van der Waals surface area contributed by atoms with E-state index in [0.717, 1.165) is 38.2 Å². The number of aliphatic hydroxyl groups is 1. The van der Waals surface area contributed by atoms with Crippen molar-refractivity contribution in [2.24, 2.45) is 0 Å².